The van der Waals surface area contributed by atoms with E-state index in [2.05, 4.69) is 27.5 Å². The van der Waals surface area contributed by atoms with Gasteiger partial charge in [-0.15, -0.1) is 11.3 Å². The van der Waals surface area contributed by atoms with Gasteiger partial charge in [0.1, 0.15) is 0 Å². The summed E-state index contributed by atoms with van der Waals surface area (Å²) >= 11 is 1.70. The van der Waals surface area contributed by atoms with E-state index in [9.17, 15) is 0 Å². The van der Waals surface area contributed by atoms with E-state index < -0.39 is 0 Å². The van der Waals surface area contributed by atoms with Crippen molar-refractivity contribution in [2.45, 2.75) is 25.9 Å². The average molecular weight is 237 g/mol. The topological polar surface area (TPSA) is 28.2 Å². The monoisotopic (exact) mass is 237 g/mol. The number of nitrogens with one attached hydrogen (secondary N) is 1. The quantitative estimate of drug-likeness (QED) is 0.865. The van der Waals surface area contributed by atoms with E-state index in [1.54, 1.807) is 11.3 Å². The fourth-order valence-corrected chi connectivity index (χ4v) is 3.93. The van der Waals surface area contributed by atoms with Gasteiger partial charge in [0.05, 0.1) is 11.2 Å². The van der Waals surface area contributed by atoms with Gasteiger partial charge in [0.25, 0.3) is 0 Å². The SMILES string of the molecule is CCC1C2CNCC2CN1Cc1cscn1. The van der Waals surface area contributed by atoms with Gasteiger partial charge in [0, 0.05) is 24.5 Å². The van der Waals surface area contributed by atoms with Crippen molar-refractivity contribution in [2.24, 2.45) is 11.8 Å². The van der Waals surface area contributed by atoms with Crippen molar-refractivity contribution in [2.75, 3.05) is 19.6 Å². The molecule has 2 fully saturated rings. The minimum Gasteiger partial charge on any atom is -0.316 e. The molecule has 2 aliphatic rings. The smallest absolute Gasteiger partial charge is 0.0795 e. The summed E-state index contributed by atoms with van der Waals surface area (Å²) in [5.41, 5.74) is 3.19. The first-order valence-corrected chi connectivity index (χ1v) is 7.14. The second kappa shape index (κ2) is 4.43. The molecule has 0 radical (unpaired) electrons. The normalized spacial score (nSPS) is 34.4. The van der Waals surface area contributed by atoms with E-state index in [4.69, 9.17) is 0 Å². The summed E-state index contributed by atoms with van der Waals surface area (Å²) in [4.78, 5) is 7.05. The summed E-state index contributed by atoms with van der Waals surface area (Å²) in [5, 5.41) is 5.71. The molecular formula is C12H19N3S. The van der Waals surface area contributed by atoms with Crippen LogP contribution >= 0.6 is 11.3 Å². The molecule has 3 heterocycles. The van der Waals surface area contributed by atoms with Crippen LogP contribution in [0.5, 0.6) is 0 Å². The van der Waals surface area contributed by atoms with Crippen molar-refractivity contribution in [1.29, 1.82) is 0 Å². The third-order valence-electron chi connectivity index (χ3n) is 4.09. The molecule has 16 heavy (non-hydrogen) atoms. The van der Waals surface area contributed by atoms with Crippen LogP contribution in [-0.4, -0.2) is 35.6 Å². The maximum absolute atomic E-state index is 4.40. The lowest BCUT2D eigenvalue weighted by molar-refractivity contribution is 0.208. The summed E-state index contributed by atoms with van der Waals surface area (Å²) in [6.45, 7) is 7.06. The second-order valence-corrected chi connectivity index (χ2v) is 5.69. The van der Waals surface area contributed by atoms with E-state index in [-0.39, 0.29) is 0 Å². The highest BCUT2D eigenvalue weighted by Gasteiger charge is 2.42. The second-order valence-electron chi connectivity index (χ2n) is 4.97. The lowest BCUT2D eigenvalue weighted by Crippen LogP contribution is -2.34. The van der Waals surface area contributed by atoms with Crippen LogP contribution in [0, 0.1) is 11.8 Å². The molecule has 0 saturated carbocycles. The van der Waals surface area contributed by atoms with Crippen LogP contribution in [0.15, 0.2) is 10.9 Å². The van der Waals surface area contributed by atoms with Crippen LogP contribution in [0.25, 0.3) is 0 Å². The Kier molecular flexibility index (Phi) is 2.96. The maximum Gasteiger partial charge on any atom is 0.0795 e. The fourth-order valence-electron chi connectivity index (χ4n) is 3.38. The summed E-state index contributed by atoms with van der Waals surface area (Å²) < 4.78 is 0. The van der Waals surface area contributed by atoms with E-state index >= 15 is 0 Å². The fraction of sp³-hybridized carbons (Fsp3) is 0.750. The number of aromatic nitrogens is 1. The first-order chi connectivity index (χ1) is 7.88. The summed E-state index contributed by atoms with van der Waals surface area (Å²) in [6, 6.07) is 0.765. The van der Waals surface area contributed by atoms with E-state index in [0.717, 1.165) is 24.4 Å². The van der Waals surface area contributed by atoms with Crippen molar-refractivity contribution in [1.82, 2.24) is 15.2 Å². The molecule has 2 saturated heterocycles. The Balaban J connectivity index is 1.71. The molecule has 1 N–H and O–H groups in total. The zero-order valence-electron chi connectivity index (χ0n) is 9.72. The van der Waals surface area contributed by atoms with Crippen LogP contribution in [-0.2, 0) is 6.54 Å². The molecule has 2 aliphatic heterocycles. The Morgan fingerprint density at radius 3 is 3.25 bits per heavy atom. The predicted molar refractivity (Wildman–Crippen MR) is 66.5 cm³/mol. The molecular weight excluding hydrogens is 218 g/mol. The molecule has 3 atom stereocenters. The van der Waals surface area contributed by atoms with Gasteiger partial charge in [0.2, 0.25) is 0 Å². The first-order valence-electron chi connectivity index (χ1n) is 6.20. The summed E-state index contributed by atoms with van der Waals surface area (Å²) in [6.07, 6.45) is 1.27. The molecule has 0 amide bonds. The largest absolute Gasteiger partial charge is 0.316 e. The van der Waals surface area contributed by atoms with Crippen LogP contribution in [0.3, 0.4) is 0 Å². The van der Waals surface area contributed by atoms with Crippen LogP contribution < -0.4 is 5.32 Å². The zero-order chi connectivity index (χ0) is 11.0. The Morgan fingerprint density at radius 1 is 1.56 bits per heavy atom. The van der Waals surface area contributed by atoms with Gasteiger partial charge in [-0.3, -0.25) is 4.90 Å². The van der Waals surface area contributed by atoms with Crippen molar-refractivity contribution >= 4 is 11.3 Å². The molecule has 3 unspecified atom stereocenters. The molecule has 0 aliphatic carbocycles. The Labute approximate surface area is 101 Å². The zero-order valence-corrected chi connectivity index (χ0v) is 10.5. The lowest BCUT2D eigenvalue weighted by Gasteiger charge is -2.25. The van der Waals surface area contributed by atoms with E-state index in [1.807, 2.05) is 5.51 Å². The van der Waals surface area contributed by atoms with Crippen LogP contribution in [0.2, 0.25) is 0 Å². The van der Waals surface area contributed by atoms with Gasteiger partial charge in [0.15, 0.2) is 0 Å². The molecule has 3 rings (SSSR count). The lowest BCUT2D eigenvalue weighted by atomic mass is 9.93. The highest BCUT2D eigenvalue weighted by molar-refractivity contribution is 7.07. The average Bonchev–Trinajstić information content (AvgIpc) is 2.93. The molecule has 4 heteroatoms. The number of thiazole rings is 1. The minimum atomic E-state index is 0.765. The van der Waals surface area contributed by atoms with Crippen LogP contribution in [0.1, 0.15) is 19.0 Å². The highest BCUT2D eigenvalue weighted by Crippen LogP contribution is 2.34. The molecule has 1 aromatic rings. The Bertz CT molecular complexity index is 338. The van der Waals surface area contributed by atoms with Gasteiger partial charge in [-0.05, 0) is 31.3 Å². The number of hydrogen-bond acceptors (Lipinski definition) is 4. The van der Waals surface area contributed by atoms with Gasteiger partial charge in [-0.2, -0.15) is 0 Å². The molecule has 88 valence electrons. The van der Waals surface area contributed by atoms with Crippen molar-refractivity contribution in [3.63, 3.8) is 0 Å². The van der Waals surface area contributed by atoms with E-state index in [1.165, 1.54) is 31.7 Å². The molecule has 0 spiro atoms. The summed E-state index contributed by atoms with van der Waals surface area (Å²) in [7, 11) is 0. The minimum absolute atomic E-state index is 0.765. The van der Waals surface area contributed by atoms with Crippen LogP contribution in [0.4, 0.5) is 0 Å². The van der Waals surface area contributed by atoms with Crippen molar-refractivity contribution < 1.29 is 0 Å². The number of hydrogen-bond donors (Lipinski definition) is 1. The Hall–Kier alpha value is -0.450. The van der Waals surface area contributed by atoms with Crippen molar-refractivity contribution in [3.05, 3.63) is 16.6 Å². The summed E-state index contributed by atoms with van der Waals surface area (Å²) in [5.74, 6) is 1.76. The number of nitrogens with zero attached hydrogens (tertiary/aromatic N) is 2. The number of likely N-dealkylation sites (tertiary alicyclic amines) is 1. The van der Waals surface area contributed by atoms with Gasteiger partial charge < -0.3 is 5.32 Å². The third-order valence-corrected chi connectivity index (χ3v) is 4.73. The predicted octanol–water partition coefficient (Wildman–Crippen LogP) is 1.57. The number of fused-ring (bicyclic) bond motifs is 1. The first kappa shape index (κ1) is 10.7. The Morgan fingerprint density at radius 2 is 2.50 bits per heavy atom. The maximum atomic E-state index is 4.40. The van der Waals surface area contributed by atoms with Gasteiger partial charge >= 0.3 is 0 Å². The number of rotatable bonds is 3. The molecule has 0 aromatic carbocycles. The van der Waals surface area contributed by atoms with Gasteiger partial charge in [-0.1, -0.05) is 6.92 Å². The van der Waals surface area contributed by atoms with Gasteiger partial charge in [-0.25, -0.2) is 4.98 Å². The van der Waals surface area contributed by atoms with E-state index in [0.29, 0.717) is 0 Å². The third kappa shape index (κ3) is 1.79. The molecule has 0 bridgehead atoms. The molecule has 1 aromatic heterocycles. The standard InChI is InChI=1S/C12H19N3S/c1-2-12-11-4-13-3-9(11)5-15(12)6-10-7-16-8-14-10/h7-9,11-13H,2-6H2,1H3. The van der Waals surface area contributed by atoms with Crippen molar-refractivity contribution in [3.8, 4) is 0 Å². The molecule has 3 nitrogen and oxygen atoms in total. The highest BCUT2D eigenvalue weighted by atomic mass is 32.1.